The summed E-state index contributed by atoms with van der Waals surface area (Å²) in [6, 6.07) is 14.6. The lowest BCUT2D eigenvalue weighted by molar-refractivity contribution is 0.676. The van der Waals surface area contributed by atoms with Gasteiger partial charge in [-0.2, -0.15) is 0 Å². The summed E-state index contributed by atoms with van der Waals surface area (Å²) in [5, 5.41) is 4.33. The van der Waals surface area contributed by atoms with Crippen molar-refractivity contribution in [3.05, 3.63) is 98.4 Å². The molecule has 0 amide bonds. The Morgan fingerprint density at radius 3 is 2.57 bits per heavy atom. The van der Waals surface area contributed by atoms with Gasteiger partial charge in [-0.3, -0.25) is 14.2 Å². The summed E-state index contributed by atoms with van der Waals surface area (Å²) in [7, 11) is -3.22. The molecule has 5 rings (SSSR count). The van der Waals surface area contributed by atoms with Crippen molar-refractivity contribution in [1.82, 2.24) is 19.5 Å². The number of hydrogen-bond acceptors (Lipinski definition) is 7. The maximum Gasteiger partial charge on any atom is 0.264 e. The molecule has 5 aromatic rings. The second kappa shape index (κ2) is 9.45. The van der Waals surface area contributed by atoms with Gasteiger partial charge in [-0.25, -0.2) is 19.0 Å². The lowest BCUT2D eigenvalue weighted by Gasteiger charge is -2.24. The van der Waals surface area contributed by atoms with Crippen molar-refractivity contribution in [1.29, 1.82) is 4.78 Å². The maximum atomic E-state index is 14.1. The molecule has 9 nitrogen and oxygen atoms in total. The number of H-pyrrole nitrogens is 1. The number of fused-ring (bicyclic) bond motifs is 2. The molecule has 0 saturated heterocycles. The molecule has 0 spiro atoms. The van der Waals surface area contributed by atoms with Crippen LogP contribution in [0.3, 0.4) is 0 Å². The minimum atomic E-state index is -3.22. The zero-order chi connectivity index (χ0) is 26.3. The second-order valence-electron chi connectivity index (χ2n) is 8.47. The van der Waals surface area contributed by atoms with Crippen molar-refractivity contribution >= 4 is 49.0 Å². The van der Waals surface area contributed by atoms with Gasteiger partial charge < -0.3 is 10.3 Å². The van der Waals surface area contributed by atoms with Crippen LogP contribution in [-0.4, -0.2) is 29.5 Å². The fraction of sp³-hybridized carbons (Fsp3) is 0.154. The van der Waals surface area contributed by atoms with Gasteiger partial charge in [0, 0.05) is 29.1 Å². The highest BCUT2D eigenvalue weighted by atomic mass is 35.5. The third-order valence-electron chi connectivity index (χ3n) is 6.23. The first-order valence-corrected chi connectivity index (χ1v) is 13.6. The van der Waals surface area contributed by atoms with Gasteiger partial charge in [-0.15, -0.1) is 0 Å². The summed E-state index contributed by atoms with van der Waals surface area (Å²) >= 11 is 6.99. The van der Waals surface area contributed by atoms with E-state index in [1.54, 1.807) is 56.3 Å². The van der Waals surface area contributed by atoms with Crippen LogP contribution in [-0.2, 0) is 9.73 Å². The van der Waals surface area contributed by atoms with E-state index in [-0.39, 0.29) is 37.7 Å². The van der Waals surface area contributed by atoms with Crippen molar-refractivity contribution in [2.75, 3.05) is 11.1 Å². The number of halogens is 1. The van der Waals surface area contributed by atoms with Gasteiger partial charge in [0.05, 0.1) is 36.8 Å². The van der Waals surface area contributed by atoms with Crippen molar-refractivity contribution in [2.24, 2.45) is 0 Å². The van der Waals surface area contributed by atoms with Crippen molar-refractivity contribution in [3.63, 3.8) is 0 Å². The topological polar surface area (TPSA) is 134 Å². The summed E-state index contributed by atoms with van der Waals surface area (Å²) < 4.78 is 23.0. The van der Waals surface area contributed by atoms with Crippen molar-refractivity contribution < 1.29 is 4.21 Å². The maximum absolute atomic E-state index is 14.1. The molecule has 0 aliphatic carbocycles. The van der Waals surface area contributed by atoms with Crippen LogP contribution in [0, 0.1) is 4.78 Å². The molecule has 3 N–H and O–H groups in total. The molecule has 0 bridgehead atoms. The van der Waals surface area contributed by atoms with Crippen LogP contribution in [0.4, 0.5) is 5.82 Å². The van der Waals surface area contributed by atoms with Gasteiger partial charge in [0.25, 0.3) is 5.56 Å². The monoisotopic (exact) mass is 534 g/mol. The predicted molar refractivity (Wildman–Crippen MR) is 146 cm³/mol. The first-order valence-electron chi connectivity index (χ1n) is 11.5. The summed E-state index contributed by atoms with van der Waals surface area (Å²) in [6.07, 6.45) is 2.85. The zero-order valence-electron chi connectivity index (χ0n) is 20.0. The van der Waals surface area contributed by atoms with Gasteiger partial charge in [0.2, 0.25) is 0 Å². The lowest BCUT2D eigenvalue weighted by Crippen LogP contribution is -2.27. The molecule has 37 heavy (non-hydrogen) atoms. The fourth-order valence-corrected chi connectivity index (χ4v) is 5.97. The standard InChI is InChI=1S/C26H23ClN6O3S/c1-3-37(28,36)19-11-7-10-17-20(19)26(35)33(16-8-5-4-6-9-16)23(22(17)27)15(2)32-25-21-18(34)12-13-29-24(21)30-14-31-25/h4-15,28H,3H2,1-2H3,(H2,29,30,31,32,34)/t15-,37+/m0/s1. The third-order valence-corrected chi connectivity index (χ3v) is 8.49. The quantitative estimate of drug-likeness (QED) is 0.284. The number of nitrogens with one attached hydrogen (secondary N) is 3. The van der Waals surface area contributed by atoms with E-state index < -0.39 is 21.3 Å². The number of nitrogens with zero attached hydrogens (tertiary/aromatic N) is 3. The zero-order valence-corrected chi connectivity index (χ0v) is 21.6. The molecule has 0 saturated carbocycles. The highest BCUT2D eigenvalue weighted by molar-refractivity contribution is 7.92. The Kier molecular flexibility index (Phi) is 6.30. The van der Waals surface area contributed by atoms with E-state index >= 15 is 0 Å². The van der Waals surface area contributed by atoms with Crippen LogP contribution in [0.2, 0.25) is 5.02 Å². The molecule has 3 aromatic heterocycles. The van der Waals surface area contributed by atoms with E-state index in [1.165, 1.54) is 23.2 Å². The molecule has 3 heterocycles. The molecule has 0 fully saturated rings. The molecular formula is C26H23ClN6O3S. The Balaban J connectivity index is 1.82. The Morgan fingerprint density at radius 2 is 1.84 bits per heavy atom. The molecule has 0 radical (unpaired) electrons. The molecule has 0 aliphatic rings. The molecule has 188 valence electrons. The number of aromatic nitrogens is 4. The van der Waals surface area contributed by atoms with Crippen molar-refractivity contribution in [3.8, 4) is 5.69 Å². The Labute approximate surface area is 217 Å². The Morgan fingerprint density at radius 1 is 1.08 bits per heavy atom. The number of rotatable bonds is 6. The van der Waals surface area contributed by atoms with E-state index in [0.717, 1.165) is 0 Å². The van der Waals surface area contributed by atoms with Crippen LogP contribution >= 0.6 is 11.6 Å². The molecule has 0 unspecified atom stereocenters. The molecule has 2 aromatic carbocycles. The number of aromatic amines is 1. The van der Waals surface area contributed by atoms with E-state index in [4.69, 9.17) is 16.4 Å². The first-order chi connectivity index (χ1) is 17.7. The molecule has 11 heteroatoms. The summed E-state index contributed by atoms with van der Waals surface area (Å²) in [5.41, 5.74) is 0.645. The minimum Gasteiger partial charge on any atom is -0.361 e. The van der Waals surface area contributed by atoms with E-state index in [9.17, 15) is 13.8 Å². The molecule has 0 aliphatic heterocycles. The van der Waals surface area contributed by atoms with Crippen LogP contribution in [0.25, 0.3) is 27.5 Å². The predicted octanol–water partition coefficient (Wildman–Crippen LogP) is 4.87. The van der Waals surface area contributed by atoms with E-state index in [2.05, 4.69) is 20.3 Å². The SMILES string of the molecule is CC[S@@](=N)(=O)c1cccc2c(Cl)c([C@H](C)Nc3ncnc4[nH]ccc(=O)c34)n(-c3ccccc3)c(=O)c12. The van der Waals surface area contributed by atoms with E-state index in [0.29, 0.717) is 22.4 Å². The van der Waals surface area contributed by atoms with E-state index in [1.807, 2.05) is 6.07 Å². The number of pyridine rings is 2. The number of hydrogen-bond donors (Lipinski definition) is 3. The smallest absolute Gasteiger partial charge is 0.264 e. The summed E-state index contributed by atoms with van der Waals surface area (Å²) in [4.78, 5) is 38.2. The average molecular weight is 535 g/mol. The fourth-order valence-electron chi connectivity index (χ4n) is 4.43. The van der Waals surface area contributed by atoms with Gasteiger partial charge in [-0.1, -0.05) is 48.9 Å². The van der Waals surface area contributed by atoms with Crippen LogP contribution in [0.5, 0.6) is 0 Å². The highest BCUT2D eigenvalue weighted by Crippen LogP contribution is 2.35. The Bertz CT molecular complexity index is 1880. The van der Waals surface area contributed by atoms with Gasteiger partial charge in [0.15, 0.2) is 5.43 Å². The number of para-hydroxylation sites is 1. The van der Waals surface area contributed by atoms with Gasteiger partial charge in [0.1, 0.15) is 23.2 Å². The van der Waals surface area contributed by atoms with Crippen molar-refractivity contribution in [2.45, 2.75) is 24.8 Å². The highest BCUT2D eigenvalue weighted by Gasteiger charge is 2.25. The van der Waals surface area contributed by atoms with Crippen LogP contribution in [0.15, 0.2) is 81.6 Å². The second-order valence-corrected chi connectivity index (χ2v) is 11.2. The number of benzene rings is 2. The van der Waals surface area contributed by atoms with Crippen LogP contribution < -0.4 is 16.3 Å². The lowest BCUT2D eigenvalue weighted by atomic mass is 10.1. The largest absolute Gasteiger partial charge is 0.361 e. The minimum absolute atomic E-state index is 0.0591. The first kappa shape index (κ1) is 24.7. The van der Waals surface area contributed by atoms with Crippen LogP contribution in [0.1, 0.15) is 25.6 Å². The normalized spacial score (nSPS) is 13.9. The molecule has 2 atom stereocenters. The molecular weight excluding hydrogens is 512 g/mol. The summed E-state index contributed by atoms with van der Waals surface area (Å²) in [5.74, 6) is 0.347. The average Bonchev–Trinajstić information content (AvgIpc) is 2.90. The summed E-state index contributed by atoms with van der Waals surface area (Å²) in [6.45, 7) is 3.46. The van der Waals surface area contributed by atoms with Gasteiger partial charge >= 0.3 is 0 Å². The van der Waals surface area contributed by atoms with Gasteiger partial charge in [-0.05, 0) is 25.1 Å². The third kappa shape index (κ3) is 4.17. The number of anilines is 1. The Hall–Kier alpha value is -4.02.